The Kier molecular flexibility index (Phi) is 6.45. The van der Waals surface area contributed by atoms with E-state index in [1.54, 1.807) is 24.3 Å². The maximum absolute atomic E-state index is 14.5. The summed E-state index contributed by atoms with van der Waals surface area (Å²) in [6.45, 7) is 0.111. The van der Waals surface area contributed by atoms with E-state index in [0.29, 0.717) is 17.4 Å². The molecule has 0 fully saturated rings. The van der Waals surface area contributed by atoms with E-state index in [1.165, 1.54) is 42.3 Å². The zero-order valence-corrected chi connectivity index (χ0v) is 21.9. The minimum Gasteiger partial charge on any atom is -0.497 e. The van der Waals surface area contributed by atoms with E-state index in [1.807, 2.05) is 0 Å². The number of amides is 1. The molecule has 41 heavy (non-hydrogen) atoms. The molecule has 11 heteroatoms. The zero-order chi connectivity index (χ0) is 29.1. The Morgan fingerprint density at radius 1 is 0.976 bits per heavy atom. The fourth-order valence-electron chi connectivity index (χ4n) is 5.04. The van der Waals surface area contributed by atoms with E-state index in [4.69, 9.17) is 20.8 Å². The molecule has 4 aromatic carbocycles. The van der Waals surface area contributed by atoms with E-state index in [2.05, 4.69) is 4.98 Å². The van der Waals surface area contributed by atoms with Gasteiger partial charge in [0, 0.05) is 33.8 Å². The lowest BCUT2D eigenvalue weighted by Crippen LogP contribution is -2.28. The van der Waals surface area contributed by atoms with Crippen LogP contribution in [0.3, 0.4) is 0 Å². The average molecular weight is 585 g/mol. The molecule has 1 atom stereocenters. The lowest BCUT2D eigenvalue weighted by molar-refractivity contribution is -0.137. The maximum atomic E-state index is 14.5. The first-order valence-corrected chi connectivity index (χ1v) is 12.6. The van der Waals surface area contributed by atoms with Crippen molar-refractivity contribution in [2.24, 2.45) is 0 Å². The van der Waals surface area contributed by atoms with Crippen LogP contribution < -0.4 is 4.74 Å². The van der Waals surface area contributed by atoms with Crippen LogP contribution in [0.2, 0.25) is 5.02 Å². The fourth-order valence-corrected chi connectivity index (χ4v) is 5.26. The molecule has 6 rings (SSSR count). The van der Waals surface area contributed by atoms with Crippen LogP contribution in [-0.4, -0.2) is 22.9 Å². The van der Waals surface area contributed by atoms with Crippen LogP contribution in [0.15, 0.2) is 77.2 Å². The highest BCUT2D eigenvalue weighted by atomic mass is 35.5. The van der Waals surface area contributed by atoms with Gasteiger partial charge in [-0.05, 0) is 66.2 Å². The second-order valence-electron chi connectivity index (χ2n) is 9.47. The van der Waals surface area contributed by atoms with Crippen molar-refractivity contribution in [3.05, 3.63) is 117 Å². The number of ether oxygens (including phenoxy) is 1. The molecule has 2 heterocycles. The maximum Gasteiger partial charge on any atom is 0.416 e. The molecule has 1 aliphatic rings. The van der Waals surface area contributed by atoms with Crippen LogP contribution in [0.25, 0.3) is 22.6 Å². The minimum atomic E-state index is -4.79. The molecule has 1 aromatic heterocycles. The van der Waals surface area contributed by atoms with Gasteiger partial charge in [0.25, 0.3) is 5.91 Å². The van der Waals surface area contributed by atoms with Crippen LogP contribution in [0.5, 0.6) is 5.75 Å². The second-order valence-corrected chi connectivity index (χ2v) is 9.88. The van der Waals surface area contributed by atoms with Crippen molar-refractivity contribution in [1.82, 2.24) is 9.88 Å². The second kappa shape index (κ2) is 9.88. The number of carbonyl (C=O) groups excluding carboxylic acids is 1. The Labute approximate surface area is 234 Å². The summed E-state index contributed by atoms with van der Waals surface area (Å²) in [7, 11) is 1.53. The normalized spacial score (nSPS) is 15.0. The lowest BCUT2D eigenvalue weighted by atomic mass is 9.96. The van der Waals surface area contributed by atoms with Gasteiger partial charge in [0.1, 0.15) is 22.9 Å². The van der Waals surface area contributed by atoms with Crippen LogP contribution in [0.4, 0.5) is 22.0 Å². The van der Waals surface area contributed by atoms with Gasteiger partial charge >= 0.3 is 6.18 Å². The molecule has 0 bridgehead atoms. The summed E-state index contributed by atoms with van der Waals surface area (Å²) in [6.07, 6.45) is -4.79. The van der Waals surface area contributed by atoms with E-state index in [-0.39, 0.29) is 45.2 Å². The molecule has 0 saturated heterocycles. The van der Waals surface area contributed by atoms with Gasteiger partial charge in [-0.1, -0.05) is 23.7 Å². The number of halogens is 6. The predicted molar refractivity (Wildman–Crippen MR) is 141 cm³/mol. The highest BCUT2D eigenvalue weighted by Gasteiger charge is 2.41. The molecule has 1 unspecified atom stereocenters. The molecule has 0 radical (unpaired) electrons. The summed E-state index contributed by atoms with van der Waals surface area (Å²) in [5, 5.41) is 0.192. The summed E-state index contributed by atoms with van der Waals surface area (Å²) in [5.41, 5.74) is 0.490. The Morgan fingerprint density at radius 2 is 1.73 bits per heavy atom. The molecule has 0 spiro atoms. The first-order valence-electron chi connectivity index (χ1n) is 12.2. The Balaban J connectivity index is 1.53. The third kappa shape index (κ3) is 4.78. The molecular weight excluding hydrogens is 567 g/mol. The van der Waals surface area contributed by atoms with Crippen molar-refractivity contribution in [2.45, 2.75) is 18.8 Å². The van der Waals surface area contributed by atoms with Crippen LogP contribution in [0, 0.1) is 11.6 Å². The minimum absolute atomic E-state index is 0.111. The van der Waals surface area contributed by atoms with Gasteiger partial charge in [0.05, 0.1) is 18.7 Å². The third-order valence-electron chi connectivity index (χ3n) is 6.91. The highest BCUT2D eigenvalue weighted by molar-refractivity contribution is 6.31. The first kappa shape index (κ1) is 26.8. The van der Waals surface area contributed by atoms with Gasteiger partial charge in [-0.3, -0.25) is 4.79 Å². The summed E-state index contributed by atoms with van der Waals surface area (Å²) in [6, 6.07) is 14.9. The number of fused-ring (bicyclic) bond motifs is 3. The van der Waals surface area contributed by atoms with Crippen LogP contribution in [-0.2, 0) is 12.7 Å². The monoisotopic (exact) mass is 584 g/mol. The standard InChI is InChI=1S/C30H18ClF5N2O3/c1-40-20-5-2-15(3-6-20)14-38-27(22-13-18(32)4-8-23(22)31)25-21(29(38)39)7-9-24-26(25)37-28(41-24)16-10-17(30(34,35)36)12-19(33)11-16/h2-13,27H,14H2,1H3. The average Bonchev–Trinajstić information content (AvgIpc) is 3.49. The SMILES string of the molecule is COc1ccc(CN2C(=O)c3ccc4oc(-c5cc(F)cc(C(F)(F)F)c5)nc4c3C2c2cc(F)ccc2Cl)cc1. The number of carbonyl (C=O) groups is 1. The van der Waals surface area contributed by atoms with E-state index in [9.17, 15) is 26.7 Å². The Hall–Kier alpha value is -4.44. The Morgan fingerprint density at radius 3 is 2.44 bits per heavy atom. The van der Waals surface area contributed by atoms with Crippen molar-refractivity contribution in [2.75, 3.05) is 7.11 Å². The van der Waals surface area contributed by atoms with Gasteiger partial charge in [0.2, 0.25) is 5.89 Å². The molecule has 5 nitrogen and oxygen atoms in total. The topological polar surface area (TPSA) is 55.6 Å². The van der Waals surface area contributed by atoms with Crippen molar-refractivity contribution < 1.29 is 35.9 Å². The number of aromatic nitrogens is 1. The van der Waals surface area contributed by atoms with Gasteiger partial charge in [-0.25, -0.2) is 13.8 Å². The molecule has 0 aliphatic carbocycles. The largest absolute Gasteiger partial charge is 0.497 e. The smallest absolute Gasteiger partial charge is 0.416 e. The predicted octanol–water partition coefficient (Wildman–Crippen LogP) is 8.20. The first-order chi connectivity index (χ1) is 19.5. The fraction of sp³-hybridized carbons (Fsp3) is 0.133. The zero-order valence-electron chi connectivity index (χ0n) is 21.1. The van der Waals surface area contributed by atoms with E-state index >= 15 is 0 Å². The van der Waals surface area contributed by atoms with Gasteiger partial charge in [-0.15, -0.1) is 0 Å². The third-order valence-corrected chi connectivity index (χ3v) is 7.26. The van der Waals surface area contributed by atoms with Crippen molar-refractivity contribution >= 4 is 28.6 Å². The number of methoxy groups -OCH3 is 1. The highest BCUT2D eigenvalue weighted by Crippen LogP contribution is 2.46. The number of rotatable bonds is 5. The summed E-state index contributed by atoms with van der Waals surface area (Å²) in [4.78, 5) is 19.7. The molecule has 208 valence electrons. The summed E-state index contributed by atoms with van der Waals surface area (Å²) >= 11 is 6.51. The lowest BCUT2D eigenvalue weighted by Gasteiger charge is -2.27. The quantitative estimate of drug-likeness (QED) is 0.195. The van der Waals surface area contributed by atoms with Gasteiger partial charge in [0.15, 0.2) is 5.58 Å². The molecule has 0 saturated carbocycles. The summed E-state index contributed by atoms with van der Waals surface area (Å²) < 4.78 is 79.7. The van der Waals surface area contributed by atoms with Gasteiger partial charge < -0.3 is 14.1 Å². The van der Waals surface area contributed by atoms with Gasteiger partial charge in [-0.2, -0.15) is 13.2 Å². The van der Waals surface area contributed by atoms with E-state index in [0.717, 1.165) is 17.7 Å². The van der Waals surface area contributed by atoms with Crippen LogP contribution >= 0.6 is 11.6 Å². The number of benzene rings is 4. The van der Waals surface area contributed by atoms with Crippen molar-refractivity contribution in [3.63, 3.8) is 0 Å². The summed E-state index contributed by atoms with van der Waals surface area (Å²) in [5.74, 6) is -1.74. The number of hydrogen-bond acceptors (Lipinski definition) is 4. The number of oxazole rings is 1. The molecule has 0 N–H and O–H groups in total. The van der Waals surface area contributed by atoms with Crippen molar-refractivity contribution in [3.8, 4) is 17.2 Å². The number of hydrogen-bond donors (Lipinski definition) is 0. The number of nitrogens with zero attached hydrogens (tertiary/aromatic N) is 2. The van der Waals surface area contributed by atoms with Crippen molar-refractivity contribution in [1.29, 1.82) is 0 Å². The van der Waals surface area contributed by atoms with E-state index < -0.39 is 35.3 Å². The Bertz CT molecular complexity index is 1820. The number of alkyl halides is 3. The van der Waals surface area contributed by atoms with Crippen LogP contribution in [0.1, 0.15) is 38.7 Å². The molecule has 1 amide bonds. The molecule has 1 aliphatic heterocycles. The molecule has 5 aromatic rings. The molecular formula is C30H18ClF5N2O3.